The minimum atomic E-state index is -0.0261. The van der Waals surface area contributed by atoms with Crippen LogP contribution in [0.4, 0.5) is 0 Å². The maximum atomic E-state index is 8.84. The lowest BCUT2D eigenvalue weighted by atomic mass is 10.0. The molecule has 0 saturated carbocycles. The Kier molecular flexibility index (Phi) is 3.69. The average molecular weight is 210 g/mol. The summed E-state index contributed by atoms with van der Waals surface area (Å²) >= 11 is 0. The quantitative estimate of drug-likeness (QED) is 0.750. The predicted octanol–water partition coefficient (Wildman–Crippen LogP) is 0.303. The molecule has 2 heterocycles. The van der Waals surface area contributed by atoms with Gasteiger partial charge in [-0.15, -0.1) is 5.10 Å². The Bertz CT molecular complexity index is 293. The van der Waals surface area contributed by atoms with Gasteiger partial charge in [-0.3, -0.25) is 4.68 Å². The zero-order valence-electron chi connectivity index (χ0n) is 8.89. The van der Waals surface area contributed by atoms with Crippen LogP contribution in [-0.4, -0.2) is 32.7 Å². The minimum Gasteiger partial charge on any atom is -0.390 e. The number of aliphatic hydroxyl groups excluding tert-OH is 1. The van der Waals surface area contributed by atoms with Crippen molar-refractivity contribution in [1.82, 2.24) is 20.3 Å². The van der Waals surface area contributed by atoms with Crippen LogP contribution in [0.3, 0.4) is 0 Å². The Morgan fingerprint density at radius 3 is 3.13 bits per heavy atom. The van der Waals surface area contributed by atoms with Gasteiger partial charge >= 0.3 is 0 Å². The summed E-state index contributed by atoms with van der Waals surface area (Å²) in [5, 5.41) is 20.1. The highest BCUT2D eigenvalue weighted by molar-refractivity contribution is 4.89. The van der Waals surface area contributed by atoms with E-state index >= 15 is 0 Å². The van der Waals surface area contributed by atoms with Gasteiger partial charge in [0.2, 0.25) is 0 Å². The van der Waals surface area contributed by atoms with Gasteiger partial charge in [0.1, 0.15) is 5.69 Å². The topological polar surface area (TPSA) is 63.0 Å². The van der Waals surface area contributed by atoms with E-state index in [-0.39, 0.29) is 6.61 Å². The van der Waals surface area contributed by atoms with Crippen molar-refractivity contribution in [1.29, 1.82) is 0 Å². The lowest BCUT2D eigenvalue weighted by Gasteiger charge is -2.23. The van der Waals surface area contributed by atoms with E-state index < -0.39 is 0 Å². The van der Waals surface area contributed by atoms with E-state index in [1.165, 1.54) is 19.3 Å². The van der Waals surface area contributed by atoms with Crippen LogP contribution in [0.1, 0.15) is 31.4 Å². The largest absolute Gasteiger partial charge is 0.390 e. The van der Waals surface area contributed by atoms with E-state index in [1.807, 2.05) is 10.9 Å². The van der Waals surface area contributed by atoms with Gasteiger partial charge in [0, 0.05) is 12.6 Å². The third-order valence-corrected chi connectivity index (χ3v) is 2.87. The van der Waals surface area contributed by atoms with Gasteiger partial charge in [-0.05, 0) is 25.8 Å². The van der Waals surface area contributed by atoms with Crippen molar-refractivity contribution < 1.29 is 5.11 Å². The molecule has 1 atom stereocenters. The van der Waals surface area contributed by atoms with Crippen LogP contribution < -0.4 is 5.32 Å². The zero-order valence-corrected chi connectivity index (χ0v) is 8.89. The lowest BCUT2D eigenvalue weighted by Crippen LogP contribution is -2.34. The van der Waals surface area contributed by atoms with Crippen molar-refractivity contribution in [2.45, 2.75) is 44.9 Å². The summed E-state index contributed by atoms with van der Waals surface area (Å²) in [4.78, 5) is 0. The fourth-order valence-electron chi connectivity index (χ4n) is 1.98. The molecule has 2 rings (SSSR count). The van der Waals surface area contributed by atoms with E-state index in [9.17, 15) is 0 Å². The zero-order chi connectivity index (χ0) is 10.5. The number of hydrogen-bond acceptors (Lipinski definition) is 4. The van der Waals surface area contributed by atoms with Crippen LogP contribution in [0.2, 0.25) is 0 Å². The summed E-state index contributed by atoms with van der Waals surface area (Å²) < 4.78 is 1.81. The molecule has 84 valence electrons. The second-order valence-electron chi connectivity index (χ2n) is 4.07. The third-order valence-electron chi connectivity index (χ3n) is 2.87. The molecule has 1 aliphatic heterocycles. The highest BCUT2D eigenvalue weighted by atomic mass is 16.3. The van der Waals surface area contributed by atoms with Crippen LogP contribution in [0, 0.1) is 0 Å². The lowest BCUT2D eigenvalue weighted by molar-refractivity contribution is 0.276. The van der Waals surface area contributed by atoms with Crippen molar-refractivity contribution in [2.75, 3.05) is 6.54 Å². The molecule has 1 saturated heterocycles. The van der Waals surface area contributed by atoms with Crippen molar-refractivity contribution >= 4 is 0 Å². The van der Waals surface area contributed by atoms with Gasteiger partial charge in [0.15, 0.2) is 0 Å². The second-order valence-corrected chi connectivity index (χ2v) is 4.07. The molecular formula is C10H18N4O. The Balaban J connectivity index is 1.76. The smallest absolute Gasteiger partial charge is 0.108 e. The summed E-state index contributed by atoms with van der Waals surface area (Å²) in [5.41, 5.74) is 0.645. The second kappa shape index (κ2) is 5.23. The molecule has 0 bridgehead atoms. The molecule has 0 spiro atoms. The molecule has 1 aliphatic rings. The third kappa shape index (κ3) is 3.00. The molecule has 5 nitrogen and oxygen atoms in total. The molecule has 2 N–H and O–H groups in total. The summed E-state index contributed by atoms with van der Waals surface area (Å²) in [6.45, 7) is 2.00. The Hall–Kier alpha value is -0.940. The minimum absolute atomic E-state index is 0.0261. The van der Waals surface area contributed by atoms with Crippen molar-refractivity contribution in [2.24, 2.45) is 0 Å². The molecular weight excluding hydrogens is 192 g/mol. The number of piperidine rings is 1. The van der Waals surface area contributed by atoms with Gasteiger partial charge in [-0.2, -0.15) is 0 Å². The number of aliphatic hydroxyl groups is 1. The molecule has 1 aromatic rings. The maximum Gasteiger partial charge on any atom is 0.108 e. The average Bonchev–Trinajstić information content (AvgIpc) is 2.76. The first kappa shape index (κ1) is 10.6. The van der Waals surface area contributed by atoms with E-state index in [4.69, 9.17) is 5.11 Å². The van der Waals surface area contributed by atoms with E-state index in [0.29, 0.717) is 11.7 Å². The highest BCUT2D eigenvalue weighted by Crippen LogP contribution is 2.10. The standard InChI is InChI=1S/C10H18N4O/c15-8-10-7-14(13-12-10)6-4-9-3-1-2-5-11-9/h7,9,11,15H,1-6,8H2/t9-/m1/s1. The van der Waals surface area contributed by atoms with Gasteiger partial charge in [-0.1, -0.05) is 11.6 Å². The van der Waals surface area contributed by atoms with Crippen LogP contribution in [0.15, 0.2) is 6.20 Å². The van der Waals surface area contributed by atoms with Crippen LogP contribution >= 0.6 is 0 Å². The van der Waals surface area contributed by atoms with Crippen molar-refractivity contribution in [3.05, 3.63) is 11.9 Å². The molecule has 0 aliphatic carbocycles. The molecule has 1 aromatic heterocycles. The Morgan fingerprint density at radius 2 is 2.47 bits per heavy atom. The van der Waals surface area contributed by atoms with Crippen LogP contribution in [-0.2, 0) is 13.2 Å². The van der Waals surface area contributed by atoms with Gasteiger partial charge in [0.05, 0.1) is 12.8 Å². The monoisotopic (exact) mass is 210 g/mol. The summed E-state index contributed by atoms with van der Waals surface area (Å²) in [6, 6.07) is 0.625. The Morgan fingerprint density at radius 1 is 1.53 bits per heavy atom. The summed E-state index contributed by atoms with van der Waals surface area (Å²) in [6.07, 6.45) is 6.80. The predicted molar refractivity (Wildman–Crippen MR) is 56.2 cm³/mol. The summed E-state index contributed by atoms with van der Waals surface area (Å²) in [5.74, 6) is 0. The maximum absolute atomic E-state index is 8.84. The molecule has 0 amide bonds. The number of nitrogens with zero attached hydrogens (tertiary/aromatic N) is 3. The normalized spacial score (nSPS) is 21.8. The van der Waals surface area contributed by atoms with Crippen molar-refractivity contribution in [3.8, 4) is 0 Å². The number of rotatable bonds is 4. The fourth-order valence-corrected chi connectivity index (χ4v) is 1.98. The number of nitrogens with one attached hydrogen (secondary N) is 1. The first-order chi connectivity index (χ1) is 7.38. The molecule has 0 unspecified atom stereocenters. The fraction of sp³-hybridized carbons (Fsp3) is 0.800. The summed E-state index contributed by atoms with van der Waals surface area (Å²) in [7, 11) is 0. The van der Waals surface area contributed by atoms with E-state index in [0.717, 1.165) is 19.5 Å². The number of hydrogen-bond donors (Lipinski definition) is 2. The van der Waals surface area contributed by atoms with E-state index in [2.05, 4.69) is 15.6 Å². The molecule has 0 aromatic carbocycles. The van der Waals surface area contributed by atoms with Crippen LogP contribution in [0.25, 0.3) is 0 Å². The molecule has 15 heavy (non-hydrogen) atoms. The first-order valence-corrected chi connectivity index (χ1v) is 5.62. The van der Waals surface area contributed by atoms with Gasteiger partial charge in [0.25, 0.3) is 0 Å². The van der Waals surface area contributed by atoms with Crippen LogP contribution in [0.5, 0.6) is 0 Å². The van der Waals surface area contributed by atoms with Crippen molar-refractivity contribution in [3.63, 3.8) is 0 Å². The number of aromatic nitrogens is 3. The SMILES string of the molecule is OCc1cn(CC[C@H]2CCCCN2)nn1. The van der Waals surface area contributed by atoms with Gasteiger partial charge < -0.3 is 10.4 Å². The van der Waals surface area contributed by atoms with E-state index in [1.54, 1.807) is 0 Å². The first-order valence-electron chi connectivity index (χ1n) is 5.62. The molecule has 5 heteroatoms. The Labute approximate surface area is 89.5 Å². The number of aryl methyl sites for hydroxylation is 1. The molecule has 1 fully saturated rings. The molecule has 0 radical (unpaired) electrons. The van der Waals surface area contributed by atoms with Gasteiger partial charge in [-0.25, -0.2) is 0 Å². The highest BCUT2D eigenvalue weighted by Gasteiger charge is 2.12.